The number of ether oxygens (including phenoxy) is 2. The summed E-state index contributed by atoms with van der Waals surface area (Å²) in [6, 6.07) is 20.3. The zero-order valence-electron chi connectivity index (χ0n) is 37.8. The summed E-state index contributed by atoms with van der Waals surface area (Å²) in [5.41, 5.74) is 14.9. The highest BCUT2D eigenvalue weighted by Gasteiger charge is 2.24. The molecule has 66 heavy (non-hydrogen) atoms. The van der Waals surface area contributed by atoms with Crippen molar-refractivity contribution in [2.75, 3.05) is 62.4 Å². The van der Waals surface area contributed by atoms with E-state index < -0.39 is 0 Å². The van der Waals surface area contributed by atoms with E-state index in [2.05, 4.69) is 80.7 Å². The number of nitrogens with one attached hydrogen (secondary N) is 2. The number of anilines is 2. The number of rotatable bonds is 10. The zero-order valence-corrected chi connectivity index (χ0v) is 37.8. The third-order valence-corrected chi connectivity index (χ3v) is 12.4. The fraction of sp³-hybridized carbons (Fsp3) is 0.308. The van der Waals surface area contributed by atoms with Gasteiger partial charge in [0.15, 0.2) is 0 Å². The predicted octanol–water partition coefficient (Wildman–Crippen LogP) is 6.99. The molecule has 2 aromatic carbocycles. The second kappa shape index (κ2) is 19.9. The van der Waals surface area contributed by atoms with Crippen LogP contribution >= 0.6 is 0 Å². The molecule has 336 valence electrons. The van der Waals surface area contributed by atoms with E-state index in [-0.39, 0.29) is 35.5 Å². The molecular weight excluding hydrogens is 829 g/mol. The summed E-state index contributed by atoms with van der Waals surface area (Å²) in [5.74, 6) is -0.242. The summed E-state index contributed by atoms with van der Waals surface area (Å²) in [6.07, 6.45) is 16.7. The molecule has 6 aromatic rings. The molecule has 0 spiro atoms. The third-order valence-electron chi connectivity index (χ3n) is 12.4. The molecule has 14 heteroatoms. The molecule has 2 N–H and O–H groups in total. The number of aryl methyl sites for hydroxylation is 2. The molecule has 14 nitrogen and oxygen atoms in total. The lowest BCUT2D eigenvalue weighted by molar-refractivity contribution is 0.0921. The van der Waals surface area contributed by atoms with Crippen molar-refractivity contribution in [3.05, 3.63) is 178 Å². The van der Waals surface area contributed by atoms with Gasteiger partial charge < -0.3 is 29.9 Å². The van der Waals surface area contributed by atoms with E-state index >= 15 is 0 Å². The van der Waals surface area contributed by atoms with Gasteiger partial charge in [-0.15, -0.1) is 0 Å². The first-order valence-electron chi connectivity index (χ1n) is 22.6. The minimum absolute atomic E-state index is 0.129. The van der Waals surface area contributed by atoms with E-state index in [1.54, 1.807) is 24.8 Å². The third kappa shape index (κ3) is 10.0. The van der Waals surface area contributed by atoms with E-state index in [9.17, 15) is 9.59 Å². The molecular formula is C52H54N10O4. The number of allylic oxidation sites excluding steroid dienone is 2. The Morgan fingerprint density at radius 2 is 1.00 bits per heavy atom. The zero-order chi connectivity index (χ0) is 45.6. The Morgan fingerprint density at radius 3 is 1.45 bits per heavy atom. The molecule has 2 aliphatic heterocycles. The van der Waals surface area contributed by atoms with Crippen molar-refractivity contribution in [3.63, 3.8) is 0 Å². The highest BCUT2D eigenvalue weighted by molar-refractivity contribution is 5.92. The van der Waals surface area contributed by atoms with Crippen LogP contribution in [0.3, 0.4) is 0 Å². The number of aromatic nitrogens is 6. The van der Waals surface area contributed by atoms with E-state index in [1.165, 1.54) is 5.56 Å². The maximum Gasteiger partial charge on any atom is 0.289 e. The molecule has 2 fully saturated rings. The summed E-state index contributed by atoms with van der Waals surface area (Å²) in [5, 5.41) is 5.96. The fourth-order valence-electron chi connectivity index (χ4n) is 8.56. The summed E-state index contributed by atoms with van der Waals surface area (Å²) in [7, 11) is 0. The van der Waals surface area contributed by atoms with Crippen LogP contribution in [-0.4, -0.2) is 94.3 Å². The lowest BCUT2D eigenvalue weighted by atomic mass is 10.0. The monoisotopic (exact) mass is 882 g/mol. The number of carbonyl (C=O) groups is 2. The van der Waals surface area contributed by atoms with Crippen LogP contribution in [0.2, 0.25) is 0 Å². The first kappa shape index (κ1) is 44.1. The van der Waals surface area contributed by atoms with Crippen molar-refractivity contribution in [1.29, 1.82) is 0 Å². The van der Waals surface area contributed by atoms with Gasteiger partial charge in [0.25, 0.3) is 11.8 Å². The van der Waals surface area contributed by atoms with Crippen molar-refractivity contribution in [1.82, 2.24) is 40.5 Å². The number of pyridine rings is 2. The van der Waals surface area contributed by atoms with Crippen molar-refractivity contribution in [2.24, 2.45) is 0 Å². The van der Waals surface area contributed by atoms with Gasteiger partial charge in [-0.25, -0.2) is 19.9 Å². The quantitative estimate of drug-likeness (QED) is 0.145. The Balaban J connectivity index is 0.000000166. The number of nitrogens with zero attached hydrogens (tertiary/aromatic N) is 8. The van der Waals surface area contributed by atoms with Crippen LogP contribution in [0.1, 0.15) is 103 Å². The van der Waals surface area contributed by atoms with Gasteiger partial charge in [0.05, 0.1) is 73.7 Å². The normalized spacial score (nSPS) is 16.2. The Labute approximate surface area is 385 Å². The summed E-state index contributed by atoms with van der Waals surface area (Å²) >= 11 is 0. The molecule has 10 rings (SSSR count). The Hall–Kier alpha value is -7.16. The Kier molecular flexibility index (Phi) is 13.3. The van der Waals surface area contributed by atoms with E-state index in [0.29, 0.717) is 0 Å². The van der Waals surface area contributed by atoms with E-state index in [1.807, 2.05) is 82.6 Å². The summed E-state index contributed by atoms with van der Waals surface area (Å²) in [4.78, 5) is 56.8. The molecule has 2 amide bonds. The average molecular weight is 883 g/mol. The molecule has 2 atom stereocenters. The first-order chi connectivity index (χ1) is 32.2. The standard InChI is InChI=1S/2C26H27N5O2/c1-17-3-5-19(6-4-17)18(2)30-26(32)25-28-14-20(15-29-25)22-7-8-24-23(22)13-21(16-27-24)31-9-11-33-12-10-31;1-17-4-3-5-19(12-17)18(2)30-26(32)25-28-14-20(15-29-25)22-6-7-24-23(22)13-21(16-27-24)31-8-10-33-11-9-31/h3-7,13-16,18H,8-12H2,1-2H3,(H,30,32);3-6,12-16,18H,7-11H2,1-2H3,(H,30,32)/t2*18-/m11/s1. The van der Waals surface area contributed by atoms with Crippen LogP contribution in [0, 0.1) is 13.8 Å². The average Bonchev–Trinajstić information content (AvgIpc) is 3.99. The van der Waals surface area contributed by atoms with Crippen molar-refractivity contribution in [2.45, 2.75) is 52.6 Å². The van der Waals surface area contributed by atoms with E-state index in [4.69, 9.17) is 9.47 Å². The largest absolute Gasteiger partial charge is 0.378 e. The van der Waals surface area contributed by atoms with Crippen LogP contribution in [0.4, 0.5) is 11.4 Å². The maximum atomic E-state index is 12.7. The second-order valence-electron chi connectivity index (χ2n) is 17.0. The number of fused-ring (bicyclic) bond motifs is 2. The molecule has 0 bridgehead atoms. The van der Waals surface area contributed by atoms with Gasteiger partial charge in [-0.2, -0.15) is 0 Å². The van der Waals surface area contributed by atoms with Gasteiger partial charge in [-0.3, -0.25) is 19.6 Å². The van der Waals surface area contributed by atoms with Gasteiger partial charge in [0, 0.05) is 86.1 Å². The molecule has 0 unspecified atom stereocenters. The highest BCUT2D eigenvalue weighted by atomic mass is 16.5. The minimum Gasteiger partial charge on any atom is -0.378 e. The van der Waals surface area contributed by atoms with Crippen LogP contribution in [0.25, 0.3) is 11.1 Å². The van der Waals surface area contributed by atoms with E-state index in [0.717, 1.165) is 138 Å². The number of benzene rings is 2. The Morgan fingerprint density at radius 1 is 0.545 bits per heavy atom. The number of morpholine rings is 2. The fourth-order valence-corrected chi connectivity index (χ4v) is 8.56. The molecule has 0 radical (unpaired) electrons. The first-order valence-corrected chi connectivity index (χ1v) is 22.6. The number of hydrogen-bond acceptors (Lipinski definition) is 12. The van der Waals surface area contributed by atoms with Crippen LogP contribution in [0.15, 0.2) is 110 Å². The van der Waals surface area contributed by atoms with Crippen LogP contribution < -0.4 is 20.4 Å². The molecule has 2 saturated heterocycles. The summed E-state index contributed by atoms with van der Waals surface area (Å²) in [6.45, 7) is 14.4. The smallest absolute Gasteiger partial charge is 0.289 e. The maximum absolute atomic E-state index is 12.7. The van der Waals surface area contributed by atoms with Crippen molar-refractivity contribution in [3.8, 4) is 0 Å². The van der Waals surface area contributed by atoms with Gasteiger partial charge in [0.2, 0.25) is 11.6 Å². The highest BCUT2D eigenvalue weighted by Crippen LogP contribution is 2.35. The van der Waals surface area contributed by atoms with Gasteiger partial charge in [-0.05, 0) is 62.1 Å². The minimum atomic E-state index is -0.285. The molecule has 2 aliphatic carbocycles. The van der Waals surface area contributed by atoms with Gasteiger partial charge >= 0.3 is 0 Å². The van der Waals surface area contributed by atoms with Crippen molar-refractivity contribution < 1.29 is 19.1 Å². The number of carbonyl (C=O) groups excluding carboxylic acids is 2. The summed E-state index contributed by atoms with van der Waals surface area (Å²) < 4.78 is 10.9. The van der Waals surface area contributed by atoms with Crippen LogP contribution in [-0.2, 0) is 22.3 Å². The van der Waals surface area contributed by atoms with Crippen LogP contribution in [0.5, 0.6) is 0 Å². The lowest BCUT2D eigenvalue weighted by Crippen LogP contribution is -2.36. The number of hydrogen-bond donors (Lipinski definition) is 2. The van der Waals surface area contributed by atoms with Gasteiger partial charge in [-0.1, -0.05) is 71.8 Å². The predicted molar refractivity (Wildman–Crippen MR) is 254 cm³/mol. The molecule has 6 heterocycles. The number of amides is 2. The van der Waals surface area contributed by atoms with Crippen molar-refractivity contribution >= 4 is 34.3 Å². The van der Waals surface area contributed by atoms with Gasteiger partial charge in [0.1, 0.15) is 0 Å². The molecule has 0 saturated carbocycles. The Bertz CT molecular complexity index is 2760. The SMILES string of the molecule is Cc1ccc([C@@H](C)NC(=O)c2ncc(C3=CCc4ncc(N5CCOCC5)cc43)cn2)cc1.Cc1cccc([C@@H](C)NC(=O)c2ncc(C3=CCc4ncc(N5CCOCC5)cc43)cn2)c1. The molecule has 4 aliphatic rings. The lowest BCUT2D eigenvalue weighted by Gasteiger charge is -2.29. The topological polar surface area (TPSA) is 160 Å². The second-order valence-corrected chi connectivity index (χ2v) is 17.0. The molecule has 4 aromatic heterocycles.